The molecule has 0 aromatic heterocycles. The quantitative estimate of drug-likeness (QED) is 0.798. The molecule has 0 amide bonds. The number of carboxylic acid groups (broad SMARTS) is 1. The molecule has 22 heavy (non-hydrogen) atoms. The average molecular weight is 308 g/mol. The largest absolute Gasteiger partial charge is 0.493 e. The van der Waals surface area contributed by atoms with E-state index in [1.807, 2.05) is 12.1 Å². The van der Waals surface area contributed by atoms with Gasteiger partial charge in [0.2, 0.25) is 5.75 Å². The van der Waals surface area contributed by atoms with Crippen LogP contribution >= 0.6 is 0 Å². The van der Waals surface area contributed by atoms with Crippen molar-refractivity contribution in [3.05, 3.63) is 17.7 Å². The van der Waals surface area contributed by atoms with E-state index in [2.05, 4.69) is 6.92 Å². The highest BCUT2D eigenvalue weighted by molar-refractivity contribution is 5.73. The molecule has 5 heteroatoms. The van der Waals surface area contributed by atoms with Gasteiger partial charge in [-0.05, 0) is 37.2 Å². The maximum absolute atomic E-state index is 11.0. The Morgan fingerprint density at radius 1 is 1.23 bits per heavy atom. The van der Waals surface area contributed by atoms with E-state index in [4.69, 9.17) is 19.3 Å². The number of carbonyl (C=O) groups is 1. The van der Waals surface area contributed by atoms with E-state index in [9.17, 15) is 4.79 Å². The van der Waals surface area contributed by atoms with Gasteiger partial charge >= 0.3 is 5.97 Å². The Kier molecular flexibility index (Phi) is 5.16. The first-order chi connectivity index (χ1) is 10.6. The van der Waals surface area contributed by atoms with Crippen LogP contribution in [0.25, 0.3) is 0 Å². The summed E-state index contributed by atoms with van der Waals surface area (Å²) in [7, 11) is 4.80. The van der Waals surface area contributed by atoms with Gasteiger partial charge in [0.25, 0.3) is 0 Å². The van der Waals surface area contributed by atoms with Crippen LogP contribution in [0.1, 0.15) is 37.7 Å². The molecule has 0 heterocycles. The summed E-state index contributed by atoms with van der Waals surface area (Å²) in [5.74, 6) is 1.56. The third-order valence-corrected chi connectivity index (χ3v) is 4.49. The van der Waals surface area contributed by atoms with E-state index in [1.54, 1.807) is 21.3 Å². The summed E-state index contributed by atoms with van der Waals surface area (Å²) in [6.45, 7) is 2.11. The van der Waals surface area contributed by atoms with Gasteiger partial charge in [-0.1, -0.05) is 13.0 Å². The van der Waals surface area contributed by atoms with Gasteiger partial charge in [0, 0.05) is 5.56 Å². The van der Waals surface area contributed by atoms with Crippen molar-refractivity contribution in [1.29, 1.82) is 0 Å². The van der Waals surface area contributed by atoms with E-state index in [0.29, 0.717) is 17.2 Å². The van der Waals surface area contributed by atoms with Crippen molar-refractivity contribution in [3.63, 3.8) is 0 Å². The fraction of sp³-hybridized carbons (Fsp3) is 0.588. The van der Waals surface area contributed by atoms with Crippen molar-refractivity contribution >= 4 is 5.97 Å². The Morgan fingerprint density at radius 2 is 1.91 bits per heavy atom. The summed E-state index contributed by atoms with van der Waals surface area (Å²) in [6.07, 6.45) is 2.56. The Labute approximate surface area is 131 Å². The first-order valence-corrected chi connectivity index (χ1v) is 7.58. The lowest BCUT2D eigenvalue weighted by Gasteiger charge is -2.21. The van der Waals surface area contributed by atoms with Crippen LogP contribution in [0.3, 0.4) is 0 Å². The van der Waals surface area contributed by atoms with Crippen molar-refractivity contribution < 1.29 is 24.1 Å². The smallest absolute Gasteiger partial charge is 0.306 e. The van der Waals surface area contributed by atoms with E-state index < -0.39 is 5.97 Å². The van der Waals surface area contributed by atoms with Crippen LogP contribution in [0.4, 0.5) is 0 Å². The third-order valence-electron chi connectivity index (χ3n) is 4.49. The van der Waals surface area contributed by atoms with Crippen molar-refractivity contribution in [2.75, 3.05) is 21.3 Å². The zero-order valence-corrected chi connectivity index (χ0v) is 13.6. The molecule has 0 aliphatic heterocycles. The van der Waals surface area contributed by atoms with Crippen LogP contribution in [0.2, 0.25) is 0 Å². The summed E-state index contributed by atoms with van der Waals surface area (Å²) < 4.78 is 16.3. The van der Waals surface area contributed by atoms with Crippen molar-refractivity contribution in [2.45, 2.75) is 32.1 Å². The second kappa shape index (κ2) is 6.90. The van der Waals surface area contributed by atoms with Gasteiger partial charge < -0.3 is 19.3 Å². The predicted molar refractivity (Wildman–Crippen MR) is 83.0 cm³/mol. The fourth-order valence-corrected chi connectivity index (χ4v) is 3.14. The zero-order chi connectivity index (χ0) is 16.3. The van der Waals surface area contributed by atoms with Gasteiger partial charge in [0.05, 0.1) is 27.2 Å². The summed E-state index contributed by atoms with van der Waals surface area (Å²) in [6, 6.07) is 3.87. The Bertz CT molecular complexity index is 540. The molecule has 1 aromatic carbocycles. The molecule has 122 valence electrons. The first kappa shape index (κ1) is 16.5. The molecule has 1 aromatic rings. The second-order valence-electron chi connectivity index (χ2n) is 5.70. The SMILES string of the molecule is CCC(CC1CC1C(=O)O)c1ccc(OC)c(OC)c1OC. The molecule has 1 N–H and O–H groups in total. The Hall–Kier alpha value is -1.91. The molecule has 5 nitrogen and oxygen atoms in total. The number of hydrogen-bond acceptors (Lipinski definition) is 4. The fourth-order valence-electron chi connectivity index (χ4n) is 3.14. The molecule has 1 fully saturated rings. The minimum Gasteiger partial charge on any atom is -0.493 e. The molecule has 1 aliphatic carbocycles. The van der Waals surface area contributed by atoms with E-state index in [0.717, 1.165) is 24.8 Å². The van der Waals surface area contributed by atoms with Crippen LogP contribution in [0.15, 0.2) is 12.1 Å². The van der Waals surface area contributed by atoms with E-state index >= 15 is 0 Å². The standard InChI is InChI=1S/C17H24O5/c1-5-10(8-11-9-13(11)17(18)19)12-6-7-14(20-2)16(22-4)15(12)21-3/h6-7,10-11,13H,5,8-9H2,1-4H3,(H,18,19). The zero-order valence-electron chi connectivity index (χ0n) is 13.6. The highest BCUT2D eigenvalue weighted by atomic mass is 16.5. The number of benzene rings is 1. The van der Waals surface area contributed by atoms with Gasteiger partial charge in [0.1, 0.15) is 0 Å². The Morgan fingerprint density at radius 3 is 2.36 bits per heavy atom. The highest BCUT2D eigenvalue weighted by Gasteiger charge is 2.44. The predicted octanol–water partition coefficient (Wildman–Crippen LogP) is 3.32. The molecule has 0 bridgehead atoms. The summed E-state index contributed by atoms with van der Waals surface area (Å²) in [4.78, 5) is 11.0. The molecule has 3 atom stereocenters. The highest BCUT2D eigenvalue weighted by Crippen LogP contribution is 2.49. The molecule has 1 aliphatic rings. The summed E-state index contributed by atoms with van der Waals surface area (Å²) in [5, 5.41) is 9.07. The van der Waals surface area contributed by atoms with E-state index in [1.165, 1.54) is 0 Å². The van der Waals surface area contributed by atoms with Crippen molar-refractivity contribution in [3.8, 4) is 17.2 Å². The van der Waals surface area contributed by atoms with Crippen LogP contribution in [-0.2, 0) is 4.79 Å². The number of rotatable bonds is 8. The first-order valence-electron chi connectivity index (χ1n) is 7.58. The monoisotopic (exact) mass is 308 g/mol. The van der Waals surface area contributed by atoms with Crippen LogP contribution in [0.5, 0.6) is 17.2 Å². The molecular weight excluding hydrogens is 284 g/mol. The lowest BCUT2D eigenvalue weighted by molar-refractivity contribution is -0.138. The summed E-state index contributed by atoms with van der Waals surface area (Å²) in [5.41, 5.74) is 1.05. The van der Waals surface area contributed by atoms with Gasteiger partial charge in [-0.2, -0.15) is 0 Å². The molecule has 1 saturated carbocycles. The van der Waals surface area contributed by atoms with Crippen molar-refractivity contribution in [1.82, 2.24) is 0 Å². The topological polar surface area (TPSA) is 65.0 Å². The van der Waals surface area contributed by atoms with Crippen LogP contribution < -0.4 is 14.2 Å². The maximum Gasteiger partial charge on any atom is 0.306 e. The van der Waals surface area contributed by atoms with Gasteiger partial charge in [-0.3, -0.25) is 4.79 Å². The van der Waals surface area contributed by atoms with Crippen molar-refractivity contribution in [2.24, 2.45) is 11.8 Å². The normalized spacial score (nSPS) is 21.1. The number of carboxylic acids is 1. The van der Waals surface area contributed by atoms with Gasteiger partial charge in [-0.25, -0.2) is 0 Å². The summed E-state index contributed by atoms with van der Waals surface area (Å²) >= 11 is 0. The molecule has 0 saturated heterocycles. The van der Waals surface area contributed by atoms with E-state index in [-0.39, 0.29) is 17.8 Å². The third kappa shape index (κ3) is 3.13. The van der Waals surface area contributed by atoms with Crippen LogP contribution in [-0.4, -0.2) is 32.4 Å². The minimum atomic E-state index is -0.681. The second-order valence-corrected chi connectivity index (χ2v) is 5.70. The minimum absolute atomic E-state index is 0.180. The Balaban J connectivity index is 2.27. The molecule has 0 radical (unpaired) electrons. The molecule has 2 rings (SSSR count). The number of methoxy groups -OCH3 is 3. The lowest BCUT2D eigenvalue weighted by Crippen LogP contribution is -2.06. The molecule has 0 spiro atoms. The number of ether oxygens (including phenoxy) is 3. The number of hydrogen-bond donors (Lipinski definition) is 1. The average Bonchev–Trinajstić information content (AvgIpc) is 3.30. The molecule has 3 unspecified atom stereocenters. The number of aliphatic carboxylic acids is 1. The maximum atomic E-state index is 11.0. The molecular formula is C17H24O5. The van der Waals surface area contributed by atoms with Gasteiger partial charge in [0.15, 0.2) is 11.5 Å². The van der Waals surface area contributed by atoms with Crippen LogP contribution in [0, 0.1) is 11.8 Å². The lowest BCUT2D eigenvalue weighted by atomic mass is 9.89. The van der Waals surface area contributed by atoms with Gasteiger partial charge in [-0.15, -0.1) is 0 Å².